The lowest BCUT2D eigenvalue weighted by Crippen LogP contribution is -2.17. The minimum absolute atomic E-state index is 0.260. The van der Waals surface area contributed by atoms with Crippen LogP contribution in [0.2, 0.25) is 0 Å². The van der Waals surface area contributed by atoms with Crippen molar-refractivity contribution in [2.75, 3.05) is 7.05 Å². The van der Waals surface area contributed by atoms with Crippen molar-refractivity contribution in [3.63, 3.8) is 0 Å². The van der Waals surface area contributed by atoms with Crippen LogP contribution in [0.3, 0.4) is 0 Å². The van der Waals surface area contributed by atoms with Gasteiger partial charge in [0.2, 0.25) is 0 Å². The highest BCUT2D eigenvalue weighted by molar-refractivity contribution is 5.63. The Morgan fingerprint density at radius 2 is 1.88 bits per heavy atom. The zero-order valence-electron chi connectivity index (χ0n) is 8.51. The van der Waals surface area contributed by atoms with Crippen LogP contribution in [0.1, 0.15) is 5.56 Å². The van der Waals surface area contributed by atoms with E-state index in [0.717, 1.165) is 0 Å². The SMILES string of the molecule is CN/C(=C\N)c1ccc(OC(F)(F)F)cc1. The molecule has 0 unspecified atom stereocenters. The Kier molecular flexibility index (Phi) is 3.65. The average molecular weight is 232 g/mol. The maximum Gasteiger partial charge on any atom is 0.573 e. The van der Waals surface area contributed by atoms with Gasteiger partial charge in [-0.15, -0.1) is 13.2 Å². The van der Waals surface area contributed by atoms with Crippen molar-refractivity contribution < 1.29 is 17.9 Å². The molecule has 0 aromatic heterocycles. The first-order valence-corrected chi connectivity index (χ1v) is 4.42. The van der Waals surface area contributed by atoms with Gasteiger partial charge in [-0.1, -0.05) is 0 Å². The number of nitrogens with one attached hydrogen (secondary N) is 1. The summed E-state index contributed by atoms with van der Waals surface area (Å²) in [5.41, 5.74) is 6.62. The molecule has 0 radical (unpaired) electrons. The fourth-order valence-electron chi connectivity index (χ4n) is 1.16. The summed E-state index contributed by atoms with van der Waals surface area (Å²) in [5.74, 6) is -0.260. The molecule has 0 saturated heterocycles. The maximum atomic E-state index is 11.9. The van der Waals surface area contributed by atoms with Crippen molar-refractivity contribution in [2.45, 2.75) is 6.36 Å². The van der Waals surface area contributed by atoms with Crippen LogP contribution in [0.5, 0.6) is 5.75 Å². The molecule has 0 aliphatic rings. The molecule has 6 heteroatoms. The second-order valence-corrected chi connectivity index (χ2v) is 2.90. The van der Waals surface area contributed by atoms with E-state index in [9.17, 15) is 13.2 Å². The Bertz CT molecular complexity index is 371. The normalized spacial score (nSPS) is 12.4. The number of nitrogens with two attached hydrogens (primary N) is 1. The van der Waals surface area contributed by atoms with Crippen LogP contribution < -0.4 is 15.8 Å². The highest BCUT2D eigenvalue weighted by Crippen LogP contribution is 2.23. The highest BCUT2D eigenvalue weighted by Gasteiger charge is 2.30. The Hall–Kier alpha value is -1.85. The van der Waals surface area contributed by atoms with E-state index in [1.165, 1.54) is 30.5 Å². The fourth-order valence-corrected chi connectivity index (χ4v) is 1.16. The first-order valence-electron chi connectivity index (χ1n) is 4.42. The zero-order chi connectivity index (χ0) is 12.2. The largest absolute Gasteiger partial charge is 0.573 e. The molecule has 0 spiro atoms. The second kappa shape index (κ2) is 4.78. The number of ether oxygens (including phenoxy) is 1. The molecule has 1 aromatic rings. The smallest absolute Gasteiger partial charge is 0.406 e. The molecule has 16 heavy (non-hydrogen) atoms. The van der Waals surface area contributed by atoms with E-state index in [0.29, 0.717) is 11.3 Å². The molecule has 1 aromatic carbocycles. The van der Waals surface area contributed by atoms with Gasteiger partial charge in [0, 0.05) is 13.2 Å². The predicted molar refractivity (Wildman–Crippen MR) is 54.3 cm³/mol. The van der Waals surface area contributed by atoms with Crippen molar-refractivity contribution in [1.29, 1.82) is 0 Å². The van der Waals surface area contributed by atoms with Crippen molar-refractivity contribution in [3.8, 4) is 5.75 Å². The summed E-state index contributed by atoms with van der Waals surface area (Å²) in [6.07, 6.45) is -3.34. The first-order chi connectivity index (χ1) is 7.46. The van der Waals surface area contributed by atoms with Crippen molar-refractivity contribution >= 4 is 5.70 Å². The van der Waals surface area contributed by atoms with E-state index in [4.69, 9.17) is 5.73 Å². The summed E-state index contributed by atoms with van der Waals surface area (Å²) in [7, 11) is 1.67. The van der Waals surface area contributed by atoms with Gasteiger partial charge in [0.25, 0.3) is 0 Å². The number of alkyl halides is 3. The van der Waals surface area contributed by atoms with Gasteiger partial charge in [-0.3, -0.25) is 0 Å². The third kappa shape index (κ3) is 3.38. The lowest BCUT2D eigenvalue weighted by atomic mass is 10.1. The number of hydrogen-bond donors (Lipinski definition) is 2. The Morgan fingerprint density at radius 1 is 1.31 bits per heavy atom. The average Bonchev–Trinajstić information content (AvgIpc) is 2.20. The topological polar surface area (TPSA) is 47.3 Å². The summed E-state index contributed by atoms with van der Waals surface area (Å²) in [6.45, 7) is 0. The summed E-state index contributed by atoms with van der Waals surface area (Å²) in [4.78, 5) is 0. The molecule has 88 valence electrons. The van der Waals surface area contributed by atoms with Gasteiger partial charge in [0.05, 0.1) is 5.70 Å². The van der Waals surface area contributed by atoms with Gasteiger partial charge in [-0.2, -0.15) is 0 Å². The summed E-state index contributed by atoms with van der Waals surface area (Å²) in [5, 5.41) is 2.81. The van der Waals surface area contributed by atoms with E-state index >= 15 is 0 Å². The predicted octanol–water partition coefficient (Wildman–Crippen LogP) is 2.06. The second-order valence-electron chi connectivity index (χ2n) is 2.90. The van der Waals surface area contributed by atoms with Crippen molar-refractivity contribution in [3.05, 3.63) is 36.0 Å². The molecule has 0 saturated carbocycles. The lowest BCUT2D eigenvalue weighted by molar-refractivity contribution is -0.274. The van der Waals surface area contributed by atoms with Crippen LogP contribution in [-0.2, 0) is 0 Å². The third-order valence-electron chi connectivity index (χ3n) is 1.83. The van der Waals surface area contributed by atoms with Crippen LogP contribution in [0.15, 0.2) is 30.5 Å². The van der Waals surface area contributed by atoms with Crippen molar-refractivity contribution in [1.82, 2.24) is 5.32 Å². The summed E-state index contributed by atoms with van der Waals surface area (Å²) >= 11 is 0. The molecule has 3 nitrogen and oxygen atoms in total. The molecule has 0 amide bonds. The van der Waals surface area contributed by atoms with Gasteiger partial charge < -0.3 is 15.8 Å². The van der Waals surface area contributed by atoms with E-state index in [1.807, 2.05) is 0 Å². The molecular formula is C10H11F3N2O. The van der Waals surface area contributed by atoms with Gasteiger partial charge in [-0.05, 0) is 29.8 Å². The van der Waals surface area contributed by atoms with Crippen LogP contribution >= 0.6 is 0 Å². The summed E-state index contributed by atoms with van der Waals surface area (Å²) in [6, 6.07) is 5.42. The highest BCUT2D eigenvalue weighted by atomic mass is 19.4. The van der Waals surface area contributed by atoms with Gasteiger partial charge >= 0.3 is 6.36 Å². The number of hydrogen-bond acceptors (Lipinski definition) is 3. The number of benzene rings is 1. The minimum Gasteiger partial charge on any atom is -0.406 e. The number of halogens is 3. The van der Waals surface area contributed by atoms with Gasteiger partial charge in [-0.25, -0.2) is 0 Å². The van der Waals surface area contributed by atoms with Gasteiger partial charge in [0.1, 0.15) is 5.75 Å². The van der Waals surface area contributed by atoms with Crippen molar-refractivity contribution in [2.24, 2.45) is 5.73 Å². The Labute approximate surface area is 90.7 Å². The molecule has 0 fully saturated rings. The van der Waals surface area contributed by atoms with Gasteiger partial charge in [0.15, 0.2) is 0 Å². The van der Waals surface area contributed by atoms with Crippen LogP contribution in [0, 0.1) is 0 Å². The summed E-state index contributed by atoms with van der Waals surface area (Å²) < 4.78 is 39.3. The number of rotatable bonds is 3. The van der Waals surface area contributed by atoms with Crippen LogP contribution in [0.4, 0.5) is 13.2 Å². The Morgan fingerprint density at radius 3 is 2.25 bits per heavy atom. The molecule has 0 bridgehead atoms. The minimum atomic E-state index is -4.67. The van der Waals surface area contributed by atoms with E-state index in [1.54, 1.807) is 7.05 Å². The monoisotopic (exact) mass is 232 g/mol. The fraction of sp³-hybridized carbons (Fsp3) is 0.200. The van der Waals surface area contributed by atoms with E-state index in [2.05, 4.69) is 10.1 Å². The first kappa shape index (κ1) is 12.2. The Balaban J connectivity index is 2.83. The molecule has 0 aliphatic heterocycles. The molecule has 3 N–H and O–H groups in total. The molecule has 0 heterocycles. The van der Waals surface area contributed by atoms with Crippen LogP contribution in [-0.4, -0.2) is 13.4 Å². The molecule has 0 aliphatic carbocycles. The van der Waals surface area contributed by atoms with E-state index in [-0.39, 0.29) is 5.75 Å². The third-order valence-corrected chi connectivity index (χ3v) is 1.83. The lowest BCUT2D eigenvalue weighted by Gasteiger charge is -2.10. The van der Waals surface area contributed by atoms with Crippen LogP contribution in [0.25, 0.3) is 5.70 Å². The quantitative estimate of drug-likeness (QED) is 0.838. The van der Waals surface area contributed by atoms with E-state index < -0.39 is 6.36 Å². The molecule has 0 atom stereocenters. The standard InChI is InChI=1S/C10H11F3N2O/c1-15-9(6-14)7-2-4-8(5-3-7)16-10(11,12)13/h2-6,15H,14H2,1H3/b9-6-. The molecule has 1 rings (SSSR count). The zero-order valence-corrected chi connectivity index (χ0v) is 8.51. The maximum absolute atomic E-state index is 11.9. The molecular weight excluding hydrogens is 221 g/mol.